The van der Waals surface area contributed by atoms with Crippen LogP contribution in [0.3, 0.4) is 0 Å². The monoisotopic (exact) mass is 307 g/mol. The van der Waals surface area contributed by atoms with E-state index in [0.717, 1.165) is 25.9 Å². The number of carbonyl (C=O) groups is 1. The summed E-state index contributed by atoms with van der Waals surface area (Å²) in [6.45, 7) is 3.86. The number of carbonyl (C=O) groups excluding carboxylic acids is 1. The van der Waals surface area contributed by atoms with E-state index >= 15 is 0 Å². The average Bonchev–Trinajstić information content (AvgIpc) is 2.53. The number of benzene rings is 1. The van der Waals surface area contributed by atoms with Crippen molar-refractivity contribution >= 4 is 17.7 Å². The van der Waals surface area contributed by atoms with Crippen LogP contribution in [0.5, 0.6) is 0 Å². The van der Waals surface area contributed by atoms with Gasteiger partial charge in [-0.15, -0.1) is 11.8 Å². The number of aryl methyl sites for hydroxylation is 1. The van der Waals surface area contributed by atoms with Crippen molar-refractivity contribution in [2.45, 2.75) is 50.0 Å². The van der Waals surface area contributed by atoms with E-state index < -0.39 is 6.10 Å². The van der Waals surface area contributed by atoms with Crippen molar-refractivity contribution < 1.29 is 9.90 Å². The van der Waals surface area contributed by atoms with Gasteiger partial charge in [-0.1, -0.05) is 17.7 Å². The third kappa shape index (κ3) is 5.71. The highest BCUT2D eigenvalue weighted by Gasteiger charge is 2.17. The Labute approximate surface area is 131 Å². The first-order valence-electron chi connectivity index (χ1n) is 7.80. The average molecular weight is 307 g/mol. The van der Waals surface area contributed by atoms with E-state index in [1.807, 2.05) is 4.90 Å². The van der Waals surface area contributed by atoms with Gasteiger partial charge in [0.2, 0.25) is 5.91 Å². The molecule has 0 saturated carbocycles. The Morgan fingerprint density at radius 1 is 1.24 bits per heavy atom. The molecule has 2 rings (SSSR count). The Morgan fingerprint density at radius 3 is 2.57 bits per heavy atom. The van der Waals surface area contributed by atoms with E-state index in [0.29, 0.717) is 18.6 Å². The Bertz CT molecular complexity index is 441. The molecule has 1 aliphatic heterocycles. The van der Waals surface area contributed by atoms with Gasteiger partial charge in [0, 0.05) is 30.2 Å². The second-order valence-corrected chi connectivity index (χ2v) is 6.85. The first-order chi connectivity index (χ1) is 10.1. The normalized spacial score (nSPS) is 16.8. The molecular formula is C17H25NO2S. The van der Waals surface area contributed by atoms with Crippen molar-refractivity contribution in [1.82, 2.24) is 4.90 Å². The molecule has 1 fully saturated rings. The molecule has 116 valence electrons. The zero-order valence-electron chi connectivity index (χ0n) is 12.8. The topological polar surface area (TPSA) is 40.5 Å². The summed E-state index contributed by atoms with van der Waals surface area (Å²) >= 11 is 1.65. The van der Waals surface area contributed by atoms with E-state index in [1.165, 1.54) is 16.9 Å². The molecule has 4 heteroatoms. The number of amides is 1. The fourth-order valence-electron chi connectivity index (χ4n) is 2.50. The van der Waals surface area contributed by atoms with Gasteiger partial charge in [0.15, 0.2) is 0 Å². The standard InChI is InChI=1S/C17H25NO2S/c1-14-5-8-16(9-6-14)21-13-15(19)7-10-17(20)18-11-3-2-4-12-18/h5-6,8-9,15,19H,2-4,7,10-13H2,1H3. The van der Waals surface area contributed by atoms with Gasteiger partial charge in [-0.05, 0) is 44.7 Å². The summed E-state index contributed by atoms with van der Waals surface area (Å²) in [7, 11) is 0. The van der Waals surface area contributed by atoms with Crippen LogP contribution < -0.4 is 0 Å². The highest BCUT2D eigenvalue weighted by atomic mass is 32.2. The van der Waals surface area contributed by atoms with Crippen molar-refractivity contribution in [3.8, 4) is 0 Å². The predicted octanol–water partition coefficient (Wildman–Crippen LogP) is 3.24. The van der Waals surface area contributed by atoms with Crippen LogP contribution in [0.15, 0.2) is 29.2 Å². The lowest BCUT2D eigenvalue weighted by atomic mass is 10.1. The number of hydrogen-bond acceptors (Lipinski definition) is 3. The van der Waals surface area contributed by atoms with Crippen LogP contribution in [-0.2, 0) is 4.79 Å². The summed E-state index contributed by atoms with van der Waals surface area (Å²) in [4.78, 5) is 15.1. The number of hydrogen-bond donors (Lipinski definition) is 1. The second-order valence-electron chi connectivity index (χ2n) is 5.76. The van der Waals surface area contributed by atoms with E-state index in [2.05, 4.69) is 31.2 Å². The summed E-state index contributed by atoms with van der Waals surface area (Å²) in [5.74, 6) is 0.852. The Hall–Kier alpha value is -1.00. The molecule has 1 heterocycles. The SMILES string of the molecule is Cc1ccc(SCC(O)CCC(=O)N2CCCCC2)cc1. The van der Waals surface area contributed by atoms with Gasteiger partial charge in [-0.25, -0.2) is 0 Å². The minimum atomic E-state index is -0.412. The van der Waals surface area contributed by atoms with Crippen molar-refractivity contribution in [3.05, 3.63) is 29.8 Å². The zero-order chi connectivity index (χ0) is 15.1. The maximum atomic E-state index is 12.0. The largest absolute Gasteiger partial charge is 0.392 e. The molecule has 1 amide bonds. The van der Waals surface area contributed by atoms with Crippen LogP contribution in [0.1, 0.15) is 37.7 Å². The van der Waals surface area contributed by atoms with Crippen LogP contribution in [0.25, 0.3) is 0 Å². The van der Waals surface area contributed by atoms with Crippen LogP contribution in [0.4, 0.5) is 0 Å². The number of piperidine rings is 1. The predicted molar refractivity (Wildman–Crippen MR) is 87.6 cm³/mol. The first kappa shape index (κ1) is 16.4. The lowest BCUT2D eigenvalue weighted by Crippen LogP contribution is -2.36. The number of nitrogens with zero attached hydrogens (tertiary/aromatic N) is 1. The maximum Gasteiger partial charge on any atom is 0.222 e. The Balaban J connectivity index is 1.65. The summed E-state index contributed by atoms with van der Waals surface area (Å²) in [5.41, 5.74) is 1.24. The van der Waals surface area contributed by atoms with Crippen LogP contribution in [0, 0.1) is 6.92 Å². The number of likely N-dealkylation sites (tertiary alicyclic amines) is 1. The highest BCUT2D eigenvalue weighted by molar-refractivity contribution is 7.99. The third-order valence-electron chi connectivity index (χ3n) is 3.86. The number of rotatable bonds is 6. The van der Waals surface area contributed by atoms with Crippen molar-refractivity contribution in [2.24, 2.45) is 0 Å². The quantitative estimate of drug-likeness (QED) is 0.820. The molecule has 0 aliphatic carbocycles. The fraction of sp³-hybridized carbons (Fsp3) is 0.588. The van der Waals surface area contributed by atoms with Crippen molar-refractivity contribution in [2.75, 3.05) is 18.8 Å². The van der Waals surface area contributed by atoms with E-state index in [9.17, 15) is 9.90 Å². The molecule has 0 radical (unpaired) electrons. The third-order valence-corrected chi connectivity index (χ3v) is 5.02. The summed E-state index contributed by atoms with van der Waals surface area (Å²) in [5, 5.41) is 10.0. The molecule has 0 spiro atoms. The minimum Gasteiger partial charge on any atom is -0.392 e. The van der Waals surface area contributed by atoms with Gasteiger partial charge in [0.1, 0.15) is 0 Å². The highest BCUT2D eigenvalue weighted by Crippen LogP contribution is 2.20. The zero-order valence-corrected chi connectivity index (χ0v) is 13.6. The molecule has 0 bridgehead atoms. The van der Waals surface area contributed by atoms with Gasteiger partial charge in [-0.3, -0.25) is 4.79 Å². The van der Waals surface area contributed by atoms with E-state index in [1.54, 1.807) is 11.8 Å². The summed E-state index contributed by atoms with van der Waals surface area (Å²) < 4.78 is 0. The lowest BCUT2D eigenvalue weighted by Gasteiger charge is -2.27. The maximum absolute atomic E-state index is 12.0. The Kier molecular flexibility index (Phi) is 6.58. The molecule has 3 nitrogen and oxygen atoms in total. The van der Waals surface area contributed by atoms with E-state index in [-0.39, 0.29) is 5.91 Å². The van der Waals surface area contributed by atoms with Crippen molar-refractivity contribution in [1.29, 1.82) is 0 Å². The number of aliphatic hydroxyl groups is 1. The van der Waals surface area contributed by atoms with Gasteiger partial charge in [-0.2, -0.15) is 0 Å². The summed E-state index contributed by atoms with van der Waals surface area (Å²) in [6, 6.07) is 8.31. The molecular weight excluding hydrogens is 282 g/mol. The minimum absolute atomic E-state index is 0.203. The van der Waals surface area contributed by atoms with Crippen molar-refractivity contribution in [3.63, 3.8) is 0 Å². The molecule has 0 aromatic heterocycles. The Morgan fingerprint density at radius 2 is 1.90 bits per heavy atom. The van der Waals surface area contributed by atoms with Crippen LogP contribution >= 0.6 is 11.8 Å². The smallest absolute Gasteiger partial charge is 0.222 e. The van der Waals surface area contributed by atoms with Gasteiger partial charge >= 0.3 is 0 Å². The number of thioether (sulfide) groups is 1. The van der Waals surface area contributed by atoms with E-state index in [4.69, 9.17) is 0 Å². The molecule has 1 N–H and O–H groups in total. The lowest BCUT2D eigenvalue weighted by molar-refractivity contribution is -0.132. The molecule has 1 aliphatic rings. The van der Waals surface area contributed by atoms with Gasteiger partial charge in [0.25, 0.3) is 0 Å². The molecule has 1 saturated heterocycles. The molecule has 1 unspecified atom stereocenters. The number of aliphatic hydroxyl groups excluding tert-OH is 1. The first-order valence-corrected chi connectivity index (χ1v) is 8.79. The fourth-order valence-corrected chi connectivity index (χ4v) is 3.38. The van der Waals surface area contributed by atoms with Gasteiger partial charge in [0.05, 0.1) is 6.10 Å². The molecule has 1 aromatic rings. The van der Waals surface area contributed by atoms with Gasteiger partial charge < -0.3 is 10.0 Å². The molecule has 21 heavy (non-hydrogen) atoms. The van der Waals surface area contributed by atoms with Crippen LogP contribution in [0.2, 0.25) is 0 Å². The molecule has 1 atom stereocenters. The second kappa shape index (κ2) is 8.44. The summed E-state index contributed by atoms with van der Waals surface area (Å²) in [6.07, 6.45) is 4.10. The van der Waals surface area contributed by atoms with Crippen LogP contribution in [-0.4, -0.2) is 40.9 Å². The molecule has 1 aromatic carbocycles.